The fourth-order valence-corrected chi connectivity index (χ4v) is 5.61. The van der Waals surface area contributed by atoms with Crippen LogP contribution >= 0.6 is 11.8 Å². The average molecular weight is 376 g/mol. The summed E-state index contributed by atoms with van der Waals surface area (Å²) in [5.74, 6) is 0.156. The Bertz CT molecular complexity index is 833. The second kappa shape index (κ2) is 7.62. The molecule has 0 N–H and O–H groups in total. The van der Waals surface area contributed by atoms with Crippen molar-refractivity contribution in [2.24, 2.45) is 0 Å². The highest BCUT2D eigenvalue weighted by Crippen LogP contribution is 2.28. The molecule has 1 amide bonds. The molecule has 0 aliphatic carbocycles. The quantitative estimate of drug-likeness (QED) is 0.803. The normalized spacial score (nSPS) is 18.8. The number of hydrogen-bond acceptors (Lipinski definition) is 4. The van der Waals surface area contributed by atoms with Gasteiger partial charge in [-0.2, -0.15) is 0 Å². The van der Waals surface area contributed by atoms with E-state index < -0.39 is 9.84 Å². The number of rotatable bonds is 5. The van der Waals surface area contributed by atoms with E-state index in [2.05, 4.69) is 0 Å². The minimum Gasteiger partial charge on any atom is -0.335 e. The summed E-state index contributed by atoms with van der Waals surface area (Å²) >= 11 is 1.64. The highest BCUT2D eigenvalue weighted by atomic mass is 32.2. The predicted molar refractivity (Wildman–Crippen MR) is 101 cm³/mol. The number of hydrogen-bond donors (Lipinski definition) is 0. The molecule has 6 heteroatoms. The van der Waals surface area contributed by atoms with Gasteiger partial charge in [-0.1, -0.05) is 30.0 Å². The lowest BCUT2D eigenvalue weighted by atomic mass is 10.1. The van der Waals surface area contributed by atoms with E-state index in [0.717, 1.165) is 9.79 Å². The molecule has 0 aromatic heterocycles. The fourth-order valence-electron chi connectivity index (χ4n) is 3.04. The van der Waals surface area contributed by atoms with E-state index in [4.69, 9.17) is 0 Å². The molecule has 1 fully saturated rings. The first-order valence-electron chi connectivity index (χ1n) is 8.33. The van der Waals surface area contributed by atoms with Gasteiger partial charge in [-0.05, 0) is 49.7 Å². The molecule has 0 spiro atoms. The van der Waals surface area contributed by atoms with Crippen LogP contribution in [-0.4, -0.2) is 43.3 Å². The van der Waals surface area contributed by atoms with Gasteiger partial charge in [0.25, 0.3) is 5.91 Å². The van der Waals surface area contributed by atoms with Crippen molar-refractivity contribution in [3.63, 3.8) is 0 Å². The van der Waals surface area contributed by atoms with Gasteiger partial charge in [0.15, 0.2) is 9.84 Å². The molecule has 2 aromatic carbocycles. The molecule has 132 valence electrons. The van der Waals surface area contributed by atoms with Crippen molar-refractivity contribution in [1.29, 1.82) is 0 Å². The maximum atomic E-state index is 12.8. The molecule has 1 unspecified atom stereocenters. The lowest BCUT2D eigenvalue weighted by molar-refractivity contribution is 0.0708. The number of carbonyl (C=O) groups is 1. The van der Waals surface area contributed by atoms with Crippen molar-refractivity contribution in [2.75, 3.05) is 18.1 Å². The van der Waals surface area contributed by atoms with E-state index in [1.54, 1.807) is 16.7 Å². The van der Waals surface area contributed by atoms with E-state index in [0.29, 0.717) is 18.5 Å². The minimum atomic E-state index is -3.00. The SMILES string of the molecule is CCN(C(=O)c1ccc(Sc2ccccc2)cc1)C1CCS(=O)(=O)C1. The van der Waals surface area contributed by atoms with Gasteiger partial charge >= 0.3 is 0 Å². The first kappa shape index (κ1) is 18.0. The summed E-state index contributed by atoms with van der Waals surface area (Å²) in [4.78, 5) is 16.7. The summed E-state index contributed by atoms with van der Waals surface area (Å²) < 4.78 is 23.4. The van der Waals surface area contributed by atoms with Gasteiger partial charge in [0.2, 0.25) is 0 Å². The van der Waals surface area contributed by atoms with Crippen LogP contribution in [0.25, 0.3) is 0 Å². The summed E-state index contributed by atoms with van der Waals surface area (Å²) in [5.41, 5.74) is 0.601. The third-order valence-corrected chi connectivity index (χ3v) is 7.10. The Hall–Kier alpha value is -1.79. The van der Waals surface area contributed by atoms with Crippen LogP contribution in [-0.2, 0) is 9.84 Å². The number of nitrogens with zero attached hydrogens (tertiary/aromatic N) is 1. The fraction of sp³-hybridized carbons (Fsp3) is 0.316. The molecule has 3 rings (SSSR count). The summed E-state index contributed by atoms with van der Waals surface area (Å²) in [6.07, 6.45) is 0.532. The summed E-state index contributed by atoms with van der Waals surface area (Å²) in [6.45, 7) is 2.40. The van der Waals surface area contributed by atoms with Crippen molar-refractivity contribution >= 4 is 27.5 Å². The first-order valence-corrected chi connectivity index (χ1v) is 11.0. The zero-order valence-electron chi connectivity index (χ0n) is 14.1. The maximum Gasteiger partial charge on any atom is 0.254 e. The zero-order chi connectivity index (χ0) is 17.9. The van der Waals surface area contributed by atoms with Crippen molar-refractivity contribution in [3.05, 3.63) is 60.2 Å². The second-order valence-corrected chi connectivity index (χ2v) is 9.46. The highest BCUT2D eigenvalue weighted by Gasteiger charge is 2.34. The Balaban J connectivity index is 1.71. The molecule has 0 bridgehead atoms. The second-order valence-electron chi connectivity index (χ2n) is 6.09. The molecule has 1 heterocycles. The van der Waals surface area contributed by atoms with Crippen LogP contribution in [0.2, 0.25) is 0 Å². The number of sulfone groups is 1. The Kier molecular flexibility index (Phi) is 5.49. The predicted octanol–water partition coefficient (Wildman–Crippen LogP) is 3.49. The van der Waals surface area contributed by atoms with Crippen LogP contribution < -0.4 is 0 Å². The third kappa shape index (κ3) is 4.44. The van der Waals surface area contributed by atoms with E-state index in [1.807, 2.05) is 61.5 Å². The number of benzene rings is 2. The lowest BCUT2D eigenvalue weighted by Crippen LogP contribution is -2.40. The van der Waals surface area contributed by atoms with Crippen LogP contribution in [0, 0.1) is 0 Å². The lowest BCUT2D eigenvalue weighted by Gasteiger charge is -2.27. The van der Waals surface area contributed by atoms with E-state index in [9.17, 15) is 13.2 Å². The average Bonchev–Trinajstić information content (AvgIpc) is 2.97. The maximum absolute atomic E-state index is 12.8. The molecule has 0 saturated carbocycles. The van der Waals surface area contributed by atoms with Gasteiger partial charge in [-0.25, -0.2) is 8.42 Å². The molecule has 1 aliphatic heterocycles. The van der Waals surface area contributed by atoms with Crippen LogP contribution in [0.4, 0.5) is 0 Å². The molecule has 1 aliphatic rings. The summed E-state index contributed by atoms with van der Waals surface area (Å²) in [6, 6.07) is 17.4. The molecule has 1 saturated heterocycles. The molecule has 0 radical (unpaired) electrons. The molecular formula is C19H21NO3S2. The highest BCUT2D eigenvalue weighted by molar-refractivity contribution is 7.99. The molecule has 25 heavy (non-hydrogen) atoms. The van der Waals surface area contributed by atoms with Crippen LogP contribution in [0.5, 0.6) is 0 Å². The van der Waals surface area contributed by atoms with Crippen molar-refractivity contribution in [2.45, 2.75) is 29.2 Å². The smallest absolute Gasteiger partial charge is 0.254 e. The van der Waals surface area contributed by atoms with Crippen molar-refractivity contribution in [1.82, 2.24) is 4.90 Å². The first-order chi connectivity index (χ1) is 12.0. The molecule has 1 atom stereocenters. The Morgan fingerprint density at radius 1 is 1.08 bits per heavy atom. The molecular weight excluding hydrogens is 354 g/mol. The largest absolute Gasteiger partial charge is 0.335 e. The summed E-state index contributed by atoms with van der Waals surface area (Å²) in [7, 11) is -3.00. The van der Waals surface area contributed by atoms with Crippen LogP contribution in [0.3, 0.4) is 0 Å². The van der Waals surface area contributed by atoms with Gasteiger partial charge in [0.05, 0.1) is 11.5 Å². The van der Waals surface area contributed by atoms with E-state index >= 15 is 0 Å². The van der Waals surface area contributed by atoms with Crippen LogP contribution in [0.1, 0.15) is 23.7 Å². The van der Waals surface area contributed by atoms with Crippen molar-refractivity contribution in [3.8, 4) is 0 Å². The number of carbonyl (C=O) groups excluding carboxylic acids is 1. The topological polar surface area (TPSA) is 54.5 Å². The zero-order valence-corrected chi connectivity index (χ0v) is 15.7. The van der Waals surface area contributed by atoms with Gasteiger partial charge in [0, 0.05) is 27.9 Å². The Morgan fingerprint density at radius 3 is 2.28 bits per heavy atom. The summed E-state index contributed by atoms with van der Waals surface area (Å²) in [5, 5.41) is 0. The van der Waals surface area contributed by atoms with Gasteiger partial charge in [-0.3, -0.25) is 4.79 Å². The molecule has 4 nitrogen and oxygen atoms in total. The Morgan fingerprint density at radius 2 is 1.72 bits per heavy atom. The minimum absolute atomic E-state index is 0.0779. The van der Waals surface area contributed by atoms with E-state index in [1.165, 1.54) is 0 Å². The Labute approximate surface area is 153 Å². The monoisotopic (exact) mass is 375 g/mol. The van der Waals surface area contributed by atoms with Gasteiger partial charge in [0.1, 0.15) is 0 Å². The van der Waals surface area contributed by atoms with Gasteiger partial charge in [-0.15, -0.1) is 0 Å². The van der Waals surface area contributed by atoms with Crippen LogP contribution in [0.15, 0.2) is 64.4 Å². The van der Waals surface area contributed by atoms with Crippen molar-refractivity contribution < 1.29 is 13.2 Å². The molecule has 2 aromatic rings. The third-order valence-electron chi connectivity index (χ3n) is 4.33. The van der Waals surface area contributed by atoms with E-state index in [-0.39, 0.29) is 23.5 Å². The number of amides is 1. The van der Waals surface area contributed by atoms with Gasteiger partial charge < -0.3 is 4.90 Å². The standard InChI is InChI=1S/C19H21NO3S2/c1-2-20(16-12-13-25(22,23)14-16)19(21)15-8-10-18(11-9-15)24-17-6-4-3-5-7-17/h3-11,16H,2,12-14H2,1H3.